The molecule has 0 saturated carbocycles. The zero-order chi connectivity index (χ0) is 19.2. The summed E-state index contributed by atoms with van der Waals surface area (Å²) in [7, 11) is 0. The molecule has 4 rings (SSSR count). The summed E-state index contributed by atoms with van der Waals surface area (Å²) in [5, 5.41) is 7.78. The van der Waals surface area contributed by atoms with E-state index in [1.54, 1.807) is 24.5 Å². The van der Waals surface area contributed by atoms with Gasteiger partial charge in [-0.15, -0.1) is 0 Å². The van der Waals surface area contributed by atoms with Gasteiger partial charge in [0.2, 0.25) is 5.95 Å². The molecule has 0 atom stereocenters. The minimum Gasteiger partial charge on any atom is -0.351 e. The minimum absolute atomic E-state index is 0.0708. The Morgan fingerprint density at radius 1 is 1.22 bits per heavy atom. The van der Waals surface area contributed by atoms with Crippen LogP contribution in [0.5, 0.6) is 0 Å². The summed E-state index contributed by atoms with van der Waals surface area (Å²) in [6.45, 7) is 2.98. The van der Waals surface area contributed by atoms with Gasteiger partial charge in [0.15, 0.2) is 5.65 Å². The summed E-state index contributed by atoms with van der Waals surface area (Å²) in [5.74, 6) is 0.291. The Labute approximate surface area is 151 Å². The van der Waals surface area contributed by atoms with Gasteiger partial charge in [0.1, 0.15) is 17.0 Å². The fourth-order valence-electron chi connectivity index (χ4n) is 2.68. The Balaban J connectivity index is 1.72. The Hall–Kier alpha value is -3.17. The van der Waals surface area contributed by atoms with Gasteiger partial charge in [0.05, 0.1) is 18.4 Å². The number of halogens is 3. The lowest BCUT2D eigenvalue weighted by atomic mass is 10.2. The summed E-state index contributed by atoms with van der Waals surface area (Å²) in [6.07, 6.45) is 1.69. The van der Waals surface area contributed by atoms with Gasteiger partial charge in [0, 0.05) is 23.3 Å². The number of aromatic nitrogens is 6. The van der Waals surface area contributed by atoms with E-state index >= 15 is 0 Å². The molecule has 10 heteroatoms. The van der Waals surface area contributed by atoms with Crippen LogP contribution in [0.3, 0.4) is 0 Å². The molecule has 0 spiro atoms. The molecule has 0 saturated heterocycles. The highest BCUT2D eigenvalue weighted by Crippen LogP contribution is 2.27. The highest BCUT2D eigenvalue weighted by atomic mass is 19.3. The molecule has 4 aromatic rings. The van der Waals surface area contributed by atoms with Gasteiger partial charge < -0.3 is 10.3 Å². The van der Waals surface area contributed by atoms with E-state index in [1.807, 2.05) is 0 Å². The Morgan fingerprint density at radius 3 is 2.78 bits per heavy atom. The van der Waals surface area contributed by atoms with Crippen molar-refractivity contribution in [3.05, 3.63) is 36.4 Å². The second-order valence-corrected chi connectivity index (χ2v) is 6.70. The summed E-state index contributed by atoms with van der Waals surface area (Å²) in [5.41, 5.74) is 0.335. The maximum absolute atomic E-state index is 13.6. The summed E-state index contributed by atoms with van der Waals surface area (Å²) < 4.78 is 40.9. The van der Waals surface area contributed by atoms with Crippen molar-refractivity contribution >= 4 is 22.6 Å². The Bertz CT molecular complexity index is 1110. The van der Waals surface area contributed by atoms with Crippen molar-refractivity contribution in [2.75, 3.05) is 11.9 Å². The second-order valence-electron chi connectivity index (χ2n) is 6.70. The molecule has 140 valence electrons. The third-order valence-electron chi connectivity index (χ3n) is 3.99. The minimum atomic E-state index is -2.68. The number of hydrogen-bond acceptors (Lipinski definition) is 5. The zero-order valence-electron chi connectivity index (χ0n) is 14.5. The molecule has 7 nitrogen and oxygen atoms in total. The lowest BCUT2D eigenvalue weighted by molar-refractivity contribution is 0.143. The molecule has 0 fully saturated rings. The molecule has 2 N–H and O–H groups in total. The van der Waals surface area contributed by atoms with Crippen LogP contribution in [0.2, 0.25) is 0 Å². The molecular formula is C17H16F3N7. The molecular weight excluding hydrogens is 359 g/mol. The lowest BCUT2D eigenvalue weighted by Crippen LogP contribution is -2.25. The Morgan fingerprint density at radius 2 is 2.04 bits per heavy atom. The zero-order valence-corrected chi connectivity index (χ0v) is 14.5. The molecule has 0 aliphatic rings. The first-order valence-corrected chi connectivity index (χ1v) is 8.22. The maximum atomic E-state index is 13.6. The number of rotatable bonds is 5. The van der Waals surface area contributed by atoms with Crippen LogP contribution < -0.4 is 5.32 Å². The van der Waals surface area contributed by atoms with E-state index in [0.29, 0.717) is 33.9 Å². The molecule has 4 heterocycles. The number of hydrogen-bond donors (Lipinski definition) is 2. The average molecular weight is 375 g/mol. The third kappa shape index (κ3) is 3.29. The SMILES string of the molecule is CC(C)(F)CNc1ncc2c(-c3ccc4ncc(C(F)F)n4n3)c[nH]c2n1. The number of nitrogens with zero attached hydrogens (tertiary/aromatic N) is 5. The largest absolute Gasteiger partial charge is 0.351 e. The Kier molecular flexibility index (Phi) is 3.97. The van der Waals surface area contributed by atoms with Crippen LogP contribution in [0.4, 0.5) is 19.1 Å². The van der Waals surface area contributed by atoms with E-state index in [-0.39, 0.29) is 12.2 Å². The van der Waals surface area contributed by atoms with Crippen LogP contribution >= 0.6 is 0 Å². The van der Waals surface area contributed by atoms with E-state index in [0.717, 1.165) is 10.7 Å². The summed E-state index contributed by atoms with van der Waals surface area (Å²) in [4.78, 5) is 15.4. The van der Waals surface area contributed by atoms with Crippen molar-refractivity contribution in [1.29, 1.82) is 0 Å². The van der Waals surface area contributed by atoms with Crippen molar-refractivity contribution in [3.8, 4) is 11.3 Å². The monoisotopic (exact) mass is 375 g/mol. The van der Waals surface area contributed by atoms with Crippen molar-refractivity contribution < 1.29 is 13.2 Å². The summed E-state index contributed by atoms with van der Waals surface area (Å²) in [6, 6.07) is 3.31. The number of aromatic amines is 1. The molecule has 0 unspecified atom stereocenters. The predicted octanol–water partition coefficient (Wildman–Crippen LogP) is 3.77. The van der Waals surface area contributed by atoms with Gasteiger partial charge in [-0.3, -0.25) is 0 Å². The number of imidazole rings is 1. The van der Waals surface area contributed by atoms with E-state index < -0.39 is 12.1 Å². The number of fused-ring (bicyclic) bond motifs is 2. The number of nitrogens with one attached hydrogen (secondary N) is 2. The van der Waals surface area contributed by atoms with E-state index in [2.05, 4.69) is 30.4 Å². The molecule has 0 aliphatic heterocycles. The first-order valence-electron chi connectivity index (χ1n) is 8.22. The molecule has 0 amide bonds. The van der Waals surface area contributed by atoms with Gasteiger partial charge in [-0.05, 0) is 26.0 Å². The average Bonchev–Trinajstić information content (AvgIpc) is 3.22. The molecule has 0 aliphatic carbocycles. The highest BCUT2D eigenvalue weighted by Gasteiger charge is 2.18. The van der Waals surface area contributed by atoms with Crippen molar-refractivity contribution in [3.63, 3.8) is 0 Å². The van der Waals surface area contributed by atoms with Crippen molar-refractivity contribution in [2.45, 2.75) is 25.9 Å². The highest BCUT2D eigenvalue weighted by molar-refractivity contribution is 5.92. The van der Waals surface area contributed by atoms with Crippen molar-refractivity contribution in [2.24, 2.45) is 0 Å². The van der Waals surface area contributed by atoms with Gasteiger partial charge in [0.25, 0.3) is 6.43 Å². The quantitative estimate of drug-likeness (QED) is 0.555. The lowest BCUT2D eigenvalue weighted by Gasteiger charge is -2.14. The smallest absolute Gasteiger partial charge is 0.282 e. The van der Waals surface area contributed by atoms with Gasteiger partial charge >= 0.3 is 0 Å². The van der Waals surface area contributed by atoms with Gasteiger partial charge in [-0.1, -0.05) is 0 Å². The van der Waals surface area contributed by atoms with Crippen LogP contribution in [0.15, 0.2) is 30.7 Å². The van der Waals surface area contributed by atoms with Gasteiger partial charge in [-0.25, -0.2) is 27.7 Å². The van der Waals surface area contributed by atoms with E-state index in [1.165, 1.54) is 13.8 Å². The molecule has 0 aromatic carbocycles. The van der Waals surface area contributed by atoms with Gasteiger partial charge in [-0.2, -0.15) is 10.1 Å². The molecule has 0 radical (unpaired) electrons. The fraction of sp³-hybridized carbons (Fsp3) is 0.294. The van der Waals surface area contributed by atoms with E-state index in [4.69, 9.17) is 0 Å². The topological polar surface area (TPSA) is 83.8 Å². The van der Waals surface area contributed by atoms with Crippen LogP contribution in [0, 0.1) is 0 Å². The van der Waals surface area contributed by atoms with Crippen LogP contribution in [-0.2, 0) is 0 Å². The van der Waals surface area contributed by atoms with Crippen LogP contribution in [-0.4, -0.2) is 41.8 Å². The van der Waals surface area contributed by atoms with Crippen LogP contribution in [0.1, 0.15) is 26.0 Å². The third-order valence-corrected chi connectivity index (χ3v) is 3.99. The standard InChI is InChI=1S/C17H16F3N7/c1-17(2,20)8-24-16-23-6-10-9(5-22-15(10)25-16)11-3-4-13-21-7-12(14(18)19)27(13)26-11/h3-7,14H,8H2,1-2H3,(H2,22,23,24,25). The first kappa shape index (κ1) is 17.3. The molecule has 4 aromatic heterocycles. The predicted molar refractivity (Wildman–Crippen MR) is 94.5 cm³/mol. The van der Waals surface area contributed by atoms with E-state index in [9.17, 15) is 13.2 Å². The first-order chi connectivity index (χ1) is 12.8. The van der Waals surface area contributed by atoms with Crippen molar-refractivity contribution in [1.82, 2.24) is 29.5 Å². The number of alkyl halides is 3. The van der Waals surface area contributed by atoms with Crippen LogP contribution in [0.25, 0.3) is 27.9 Å². The number of H-pyrrole nitrogens is 1. The maximum Gasteiger partial charge on any atom is 0.282 e. The second kappa shape index (κ2) is 6.22. The molecule has 0 bridgehead atoms. The number of anilines is 1. The summed E-state index contributed by atoms with van der Waals surface area (Å²) >= 11 is 0. The normalized spacial score (nSPS) is 12.4. The fourth-order valence-corrected chi connectivity index (χ4v) is 2.68. The molecule has 27 heavy (non-hydrogen) atoms.